The fourth-order valence-corrected chi connectivity index (χ4v) is 3.23. The maximum absolute atomic E-state index is 13.6. The maximum atomic E-state index is 13.6. The summed E-state index contributed by atoms with van der Waals surface area (Å²) < 4.78 is 47.6. The molecule has 8 heteroatoms. The molecule has 0 unspecified atom stereocenters. The Morgan fingerprint density at radius 2 is 1.86 bits per heavy atom. The SMILES string of the molecule is CC[C@H](C)N(Cc1ccc(OC)c(OS(=O)(=O)CC)c1)C(=O)c1cccc(F)c1. The Morgan fingerprint density at radius 3 is 2.45 bits per heavy atom. The van der Waals surface area contributed by atoms with Crippen molar-refractivity contribution < 1.29 is 26.5 Å². The van der Waals surface area contributed by atoms with Gasteiger partial charge in [0.25, 0.3) is 5.91 Å². The molecule has 1 atom stereocenters. The van der Waals surface area contributed by atoms with Gasteiger partial charge in [0.05, 0.1) is 12.9 Å². The summed E-state index contributed by atoms with van der Waals surface area (Å²) in [6, 6.07) is 10.3. The highest BCUT2D eigenvalue weighted by Gasteiger charge is 2.22. The highest BCUT2D eigenvalue weighted by atomic mass is 32.2. The van der Waals surface area contributed by atoms with Gasteiger partial charge in [-0.2, -0.15) is 8.42 Å². The Bertz CT molecular complexity index is 961. The zero-order valence-electron chi connectivity index (χ0n) is 17.0. The zero-order chi connectivity index (χ0) is 21.6. The van der Waals surface area contributed by atoms with E-state index in [2.05, 4.69) is 0 Å². The van der Waals surface area contributed by atoms with Crippen LogP contribution in [0.5, 0.6) is 11.5 Å². The van der Waals surface area contributed by atoms with Crippen LogP contribution in [0.4, 0.5) is 4.39 Å². The van der Waals surface area contributed by atoms with Crippen LogP contribution in [0.3, 0.4) is 0 Å². The van der Waals surface area contributed by atoms with E-state index in [-0.39, 0.29) is 41.3 Å². The molecule has 0 bridgehead atoms. The third kappa shape index (κ3) is 5.93. The molecule has 1 amide bonds. The second-order valence-corrected chi connectivity index (χ2v) is 8.47. The first-order valence-electron chi connectivity index (χ1n) is 9.36. The Labute approximate surface area is 171 Å². The number of hydrogen-bond acceptors (Lipinski definition) is 5. The van der Waals surface area contributed by atoms with Crippen molar-refractivity contribution in [2.45, 2.75) is 39.8 Å². The van der Waals surface area contributed by atoms with Gasteiger partial charge in [-0.05, 0) is 56.2 Å². The summed E-state index contributed by atoms with van der Waals surface area (Å²) in [5.41, 5.74) is 0.918. The molecule has 0 aromatic heterocycles. The molecule has 0 spiro atoms. The Kier molecular flexibility index (Phi) is 7.61. The van der Waals surface area contributed by atoms with Crippen LogP contribution in [0.25, 0.3) is 0 Å². The molecule has 0 heterocycles. The molecule has 2 aromatic rings. The standard InChI is InChI=1S/C21H26FNO5S/c1-5-15(3)23(21(24)17-8-7-9-18(22)13-17)14-16-10-11-19(27-4)20(12-16)28-29(25,26)6-2/h7-13,15H,5-6,14H2,1-4H3/t15-/m0/s1. The minimum absolute atomic E-state index is 0.0640. The molecule has 2 rings (SSSR count). The van der Waals surface area contributed by atoms with Crippen molar-refractivity contribution in [3.63, 3.8) is 0 Å². The van der Waals surface area contributed by atoms with Gasteiger partial charge in [0, 0.05) is 18.2 Å². The lowest BCUT2D eigenvalue weighted by molar-refractivity contribution is 0.0671. The molecule has 158 valence electrons. The van der Waals surface area contributed by atoms with E-state index in [1.165, 1.54) is 32.2 Å². The summed E-state index contributed by atoms with van der Waals surface area (Å²) in [7, 11) is -2.32. The molecule has 0 radical (unpaired) electrons. The van der Waals surface area contributed by atoms with Crippen LogP contribution >= 0.6 is 0 Å². The molecular formula is C21H26FNO5S. The Hall–Kier alpha value is -2.61. The average molecular weight is 424 g/mol. The summed E-state index contributed by atoms with van der Waals surface area (Å²) in [6.07, 6.45) is 0.699. The topological polar surface area (TPSA) is 72.9 Å². The van der Waals surface area contributed by atoms with Gasteiger partial charge in [0.2, 0.25) is 0 Å². The van der Waals surface area contributed by atoms with Gasteiger partial charge < -0.3 is 13.8 Å². The first-order valence-corrected chi connectivity index (χ1v) is 10.9. The summed E-state index contributed by atoms with van der Waals surface area (Å²) >= 11 is 0. The van der Waals surface area contributed by atoms with Gasteiger partial charge in [-0.1, -0.05) is 19.1 Å². The number of benzene rings is 2. The monoisotopic (exact) mass is 423 g/mol. The molecule has 0 N–H and O–H groups in total. The lowest BCUT2D eigenvalue weighted by Crippen LogP contribution is -2.37. The van der Waals surface area contributed by atoms with E-state index in [4.69, 9.17) is 8.92 Å². The molecular weight excluding hydrogens is 397 g/mol. The molecule has 0 aliphatic carbocycles. The van der Waals surface area contributed by atoms with E-state index in [0.29, 0.717) is 12.0 Å². The third-order valence-corrected chi connectivity index (χ3v) is 5.75. The lowest BCUT2D eigenvalue weighted by atomic mass is 10.1. The van der Waals surface area contributed by atoms with Crippen molar-refractivity contribution in [2.24, 2.45) is 0 Å². The number of methoxy groups -OCH3 is 1. The maximum Gasteiger partial charge on any atom is 0.309 e. The fraction of sp³-hybridized carbons (Fsp3) is 0.381. The molecule has 0 fully saturated rings. The normalized spacial score (nSPS) is 12.3. The smallest absolute Gasteiger partial charge is 0.309 e. The second kappa shape index (κ2) is 9.73. The number of hydrogen-bond donors (Lipinski definition) is 0. The third-order valence-electron chi connectivity index (χ3n) is 4.61. The minimum Gasteiger partial charge on any atom is -0.493 e. The fourth-order valence-electron chi connectivity index (χ4n) is 2.71. The van der Waals surface area contributed by atoms with Crippen LogP contribution in [0, 0.1) is 5.82 Å². The van der Waals surface area contributed by atoms with Gasteiger partial charge in [-0.3, -0.25) is 4.79 Å². The number of carbonyl (C=O) groups excluding carboxylic acids is 1. The second-order valence-electron chi connectivity index (χ2n) is 6.62. The quantitative estimate of drug-likeness (QED) is 0.570. The zero-order valence-corrected chi connectivity index (χ0v) is 17.8. The van der Waals surface area contributed by atoms with Crippen LogP contribution in [-0.4, -0.2) is 38.1 Å². The number of nitrogens with zero attached hydrogens (tertiary/aromatic N) is 1. The highest BCUT2D eigenvalue weighted by Crippen LogP contribution is 2.30. The minimum atomic E-state index is -3.74. The van der Waals surface area contributed by atoms with Gasteiger partial charge in [0.15, 0.2) is 11.5 Å². The molecule has 6 nitrogen and oxygen atoms in total. The van der Waals surface area contributed by atoms with Crippen LogP contribution < -0.4 is 8.92 Å². The average Bonchev–Trinajstić information content (AvgIpc) is 2.71. The van der Waals surface area contributed by atoms with Crippen molar-refractivity contribution >= 4 is 16.0 Å². The summed E-state index contributed by atoms with van der Waals surface area (Å²) in [6.45, 7) is 5.54. The van der Waals surface area contributed by atoms with Crippen molar-refractivity contribution in [3.8, 4) is 11.5 Å². The number of amides is 1. The van der Waals surface area contributed by atoms with E-state index < -0.39 is 15.9 Å². The summed E-state index contributed by atoms with van der Waals surface area (Å²) in [4.78, 5) is 14.6. The van der Waals surface area contributed by atoms with E-state index in [1.54, 1.807) is 29.2 Å². The number of halogens is 1. The van der Waals surface area contributed by atoms with Gasteiger partial charge in [0.1, 0.15) is 5.82 Å². The van der Waals surface area contributed by atoms with Crippen LogP contribution in [0.15, 0.2) is 42.5 Å². The van der Waals surface area contributed by atoms with E-state index in [9.17, 15) is 17.6 Å². The molecule has 0 aliphatic rings. The Morgan fingerprint density at radius 1 is 1.14 bits per heavy atom. The van der Waals surface area contributed by atoms with Crippen molar-refractivity contribution in [3.05, 3.63) is 59.4 Å². The number of carbonyl (C=O) groups is 1. The first kappa shape index (κ1) is 22.7. The van der Waals surface area contributed by atoms with Crippen molar-refractivity contribution in [1.82, 2.24) is 4.90 Å². The van der Waals surface area contributed by atoms with E-state index in [1.807, 2.05) is 13.8 Å². The van der Waals surface area contributed by atoms with Crippen molar-refractivity contribution in [1.29, 1.82) is 0 Å². The first-order chi connectivity index (χ1) is 13.7. The number of ether oxygens (including phenoxy) is 1. The predicted octanol–water partition coefficient (Wildman–Crippen LogP) is 4.00. The van der Waals surface area contributed by atoms with Gasteiger partial charge in [-0.25, -0.2) is 4.39 Å². The summed E-state index contributed by atoms with van der Waals surface area (Å²) in [5, 5.41) is 0. The van der Waals surface area contributed by atoms with E-state index in [0.717, 1.165) is 0 Å². The Balaban J connectivity index is 2.37. The summed E-state index contributed by atoms with van der Waals surface area (Å²) in [5.74, 6) is -0.632. The van der Waals surface area contributed by atoms with Gasteiger partial charge in [-0.15, -0.1) is 0 Å². The van der Waals surface area contributed by atoms with Crippen LogP contribution in [0.2, 0.25) is 0 Å². The van der Waals surface area contributed by atoms with Crippen LogP contribution in [0.1, 0.15) is 43.1 Å². The molecule has 0 saturated heterocycles. The molecule has 0 aliphatic heterocycles. The highest BCUT2D eigenvalue weighted by molar-refractivity contribution is 7.87. The predicted molar refractivity (Wildman–Crippen MR) is 109 cm³/mol. The van der Waals surface area contributed by atoms with E-state index >= 15 is 0 Å². The van der Waals surface area contributed by atoms with Gasteiger partial charge >= 0.3 is 10.1 Å². The van der Waals surface area contributed by atoms with Crippen molar-refractivity contribution in [2.75, 3.05) is 12.9 Å². The largest absolute Gasteiger partial charge is 0.493 e. The number of rotatable bonds is 9. The molecule has 0 saturated carbocycles. The molecule has 2 aromatic carbocycles. The van der Waals surface area contributed by atoms with Crippen LogP contribution in [-0.2, 0) is 16.7 Å². The molecule has 29 heavy (non-hydrogen) atoms. The lowest BCUT2D eigenvalue weighted by Gasteiger charge is -2.29.